The third kappa shape index (κ3) is 1.22. The first-order valence-electron chi connectivity index (χ1n) is 4.61. The number of fused-ring (bicyclic) bond motifs is 1. The number of hydrogen-bond acceptors (Lipinski definition) is 1. The van der Waals surface area contributed by atoms with Gasteiger partial charge in [-0.2, -0.15) is 0 Å². The molecule has 0 aromatic carbocycles. The fourth-order valence-electron chi connectivity index (χ4n) is 1.90. The van der Waals surface area contributed by atoms with Crippen molar-refractivity contribution in [1.29, 1.82) is 0 Å². The van der Waals surface area contributed by atoms with E-state index in [1.807, 2.05) is 12.4 Å². The lowest BCUT2D eigenvalue weighted by molar-refractivity contribution is 0.608. The molecule has 0 spiro atoms. The van der Waals surface area contributed by atoms with Crippen LogP contribution < -0.4 is 0 Å². The summed E-state index contributed by atoms with van der Waals surface area (Å²) in [5, 5.41) is 1.23. The molecule has 0 amide bonds. The Hall–Kier alpha value is -1.31. The second-order valence-electron chi connectivity index (χ2n) is 3.68. The normalized spacial score (nSPS) is 11.4. The van der Waals surface area contributed by atoms with Crippen LogP contribution in [0.4, 0.5) is 0 Å². The lowest BCUT2D eigenvalue weighted by Gasteiger charge is -2.11. The minimum absolute atomic E-state index is 0.514. The summed E-state index contributed by atoms with van der Waals surface area (Å²) in [6.45, 7) is 6.54. The molecule has 13 heavy (non-hydrogen) atoms. The molecule has 0 fully saturated rings. The quantitative estimate of drug-likeness (QED) is 0.650. The first-order valence-corrected chi connectivity index (χ1v) is 4.61. The van der Waals surface area contributed by atoms with Crippen LogP contribution in [0.5, 0.6) is 0 Å². The Morgan fingerprint density at radius 2 is 2.15 bits per heavy atom. The van der Waals surface area contributed by atoms with Gasteiger partial charge in [-0.25, -0.2) is 0 Å². The summed E-state index contributed by atoms with van der Waals surface area (Å²) < 4.78 is 2.33. The van der Waals surface area contributed by atoms with Crippen molar-refractivity contribution < 1.29 is 0 Å². The number of nitrogens with zero attached hydrogens (tertiary/aromatic N) is 2. The molecule has 0 saturated heterocycles. The molecule has 0 aliphatic heterocycles. The van der Waals surface area contributed by atoms with Crippen molar-refractivity contribution >= 4 is 10.9 Å². The van der Waals surface area contributed by atoms with Crippen molar-refractivity contribution in [2.75, 3.05) is 0 Å². The summed E-state index contributed by atoms with van der Waals surface area (Å²) in [6.07, 6.45) is 3.77. The Morgan fingerprint density at radius 1 is 1.38 bits per heavy atom. The molecule has 2 nitrogen and oxygen atoms in total. The molecule has 2 heteroatoms. The van der Waals surface area contributed by atoms with Crippen LogP contribution in [-0.2, 0) is 0 Å². The first-order chi connectivity index (χ1) is 6.20. The highest BCUT2D eigenvalue weighted by molar-refractivity contribution is 5.80. The number of rotatable bonds is 1. The minimum Gasteiger partial charge on any atom is -0.342 e. The molecule has 0 atom stereocenters. The first kappa shape index (κ1) is 8.30. The highest BCUT2D eigenvalue weighted by Crippen LogP contribution is 2.22. The molecule has 0 unspecified atom stereocenters. The predicted octanol–water partition coefficient (Wildman–Crippen LogP) is 2.93. The molecular formula is C11H14N2. The van der Waals surface area contributed by atoms with Crippen LogP contribution >= 0.6 is 0 Å². The van der Waals surface area contributed by atoms with E-state index < -0.39 is 0 Å². The van der Waals surface area contributed by atoms with Gasteiger partial charge in [0.15, 0.2) is 0 Å². The summed E-state index contributed by atoms with van der Waals surface area (Å²) in [7, 11) is 0. The standard InChI is InChI=1S/C11H14N2/c1-8(2)13-9(3)6-10-7-12-5-4-11(10)13/h4-8H,1-3H3. The van der Waals surface area contributed by atoms with Crippen molar-refractivity contribution in [2.24, 2.45) is 0 Å². The maximum absolute atomic E-state index is 4.11. The fourth-order valence-corrected chi connectivity index (χ4v) is 1.90. The maximum atomic E-state index is 4.11. The lowest BCUT2D eigenvalue weighted by Crippen LogP contribution is -2.01. The number of hydrogen-bond donors (Lipinski definition) is 0. The molecule has 0 bridgehead atoms. The van der Waals surface area contributed by atoms with E-state index in [4.69, 9.17) is 0 Å². The minimum atomic E-state index is 0.514. The molecule has 2 aromatic rings. The largest absolute Gasteiger partial charge is 0.342 e. The van der Waals surface area contributed by atoms with Gasteiger partial charge >= 0.3 is 0 Å². The smallest absolute Gasteiger partial charge is 0.0515 e. The summed E-state index contributed by atoms with van der Waals surface area (Å²) in [5.41, 5.74) is 2.58. The Bertz CT molecular complexity index is 427. The van der Waals surface area contributed by atoms with Gasteiger partial charge in [-0.15, -0.1) is 0 Å². The van der Waals surface area contributed by atoms with Crippen molar-refractivity contribution in [1.82, 2.24) is 9.55 Å². The average Bonchev–Trinajstić information content (AvgIpc) is 2.39. The van der Waals surface area contributed by atoms with Gasteiger partial charge in [0.1, 0.15) is 0 Å². The van der Waals surface area contributed by atoms with Crippen LogP contribution in [0.15, 0.2) is 24.5 Å². The van der Waals surface area contributed by atoms with E-state index in [-0.39, 0.29) is 0 Å². The average molecular weight is 174 g/mol. The van der Waals surface area contributed by atoms with E-state index in [0.29, 0.717) is 6.04 Å². The zero-order chi connectivity index (χ0) is 9.42. The molecule has 0 aliphatic rings. The molecule has 0 N–H and O–H groups in total. The molecule has 0 saturated carbocycles. The van der Waals surface area contributed by atoms with Crippen LogP contribution in [0.25, 0.3) is 10.9 Å². The van der Waals surface area contributed by atoms with Crippen LogP contribution in [0.3, 0.4) is 0 Å². The second-order valence-corrected chi connectivity index (χ2v) is 3.68. The van der Waals surface area contributed by atoms with Gasteiger partial charge in [0, 0.05) is 29.5 Å². The van der Waals surface area contributed by atoms with Gasteiger partial charge in [-0.1, -0.05) is 0 Å². The summed E-state index contributed by atoms with van der Waals surface area (Å²) in [6, 6.07) is 4.77. The van der Waals surface area contributed by atoms with Crippen LogP contribution in [0.1, 0.15) is 25.6 Å². The summed E-state index contributed by atoms with van der Waals surface area (Å²) >= 11 is 0. The Kier molecular flexibility index (Phi) is 1.83. The van der Waals surface area contributed by atoms with E-state index in [1.54, 1.807) is 0 Å². The van der Waals surface area contributed by atoms with Crippen LogP contribution in [0, 0.1) is 6.92 Å². The molecule has 0 aliphatic carbocycles. The molecule has 2 rings (SSSR count). The van der Waals surface area contributed by atoms with E-state index in [0.717, 1.165) is 0 Å². The Balaban J connectivity index is 2.78. The Labute approximate surface area is 78.2 Å². The van der Waals surface area contributed by atoms with Gasteiger partial charge < -0.3 is 4.57 Å². The molecule has 2 heterocycles. The van der Waals surface area contributed by atoms with Gasteiger partial charge in [0.05, 0.1) is 5.52 Å². The van der Waals surface area contributed by atoms with E-state index >= 15 is 0 Å². The number of pyridine rings is 1. The molecule has 2 aromatic heterocycles. The van der Waals surface area contributed by atoms with E-state index in [9.17, 15) is 0 Å². The van der Waals surface area contributed by atoms with Crippen molar-refractivity contribution in [3.8, 4) is 0 Å². The highest BCUT2D eigenvalue weighted by atomic mass is 15.0. The molecule has 0 radical (unpaired) electrons. The third-order valence-electron chi connectivity index (χ3n) is 2.35. The van der Waals surface area contributed by atoms with Gasteiger partial charge in [0.2, 0.25) is 0 Å². The fraction of sp³-hybridized carbons (Fsp3) is 0.364. The van der Waals surface area contributed by atoms with Crippen LogP contribution in [0.2, 0.25) is 0 Å². The van der Waals surface area contributed by atoms with Crippen LogP contribution in [-0.4, -0.2) is 9.55 Å². The summed E-state index contributed by atoms with van der Waals surface area (Å²) in [5.74, 6) is 0. The SMILES string of the molecule is Cc1cc2cnccc2n1C(C)C. The van der Waals surface area contributed by atoms with E-state index in [1.165, 1.54) is 16.6 Å². The topological polar surface area (TPSA) is 17.8 Å². The Morgan fingerprint density at radius 3 is 2.85 bits per heavy atom. The number of aromatic nitrogens is 2. The summed E-state index contributed by atoms with van der Waals surface area (Å²) in [4.78, 5) is 4.11. The lowest BCUT2D eigenvalue weighted by atomic mass is 10.3. The molecular weight excluding hydrogens is 160 g/mol. The molecule has 68 valence electrons. The van der Waals surface area contributed by atoms with E-state index in [2.05, 4.69) is 42.5 Å². The highest BCUT2D eigenvalue weighted by Gasteiger charge is 2.06. The zero-order valence-corrected chi connectivity index (χ0v) is 8.28. The maximum Gasteiger partial charge on any atom is 0.0515 e. The van der Waals surface area contributed by atoms with Crippen molar-refractivity contribution in [3.05, 3.63) is 30.2 Å². The third-order valence-corrected chi connectivity index (χ3v) is 2.35. The predicted molar refractivity (Wildman–Crippen MR) is 54.9 cm³/mol. The zero-order valence-electron chi connectivity index (χ0n) is 8.28. The van der Waals surface area contributed by atoms with Crippen molar-refractivity contribution in [2.45, 2.75) is 26.8 Å². The van der Waals surface area contributed by atoms with Gasteiger partial charge in [-0.05, 0) is 32.9 Å². The van der Waals surface area contributed by atoms with Crippen molar-refractivity contribution in [3.63, 3.8) is 0 Å². The number of aryl methyl sites for hydroxylation is 1. The van der Waals surface area contributed by atoms with Gasteiger partial charge in [0.25, 0.3) is 0 Å². The second kappa shape index (κ2) is 2.87. The monoisotopic (exact) mass is 174 g/mol. The van der Waals surface area contributed by atoms with Gasteiger partial charge in [-0.3, -0.25) is 4.98 Å².